The number of rotatable bonds is 3. The average Bonchev–Trinajstić information content (AvgIpc) is 3.82. The minimum Gasteiger partial charge on any atom is -0.455 e. The topological polar surface area (TPSA) is 70.6 Å². The standard InChI is InChI=1S/C44H24N4O/c45-25-27-15-19-38-35(22-27)32-10-4-6-12-37(32)48(38)41-23-28(26-46)14-17-31(41)29-16-20-39-36(24-29)43-40(47(39)30-8-2-1-3-9-30)21-18-34-33-11-5-7-13-42(33)49-44(34)43/h1-5,7-11,13-15,17-19,21-24H,6,12H2. The molecule has 0 aliphatic heterocycles. The normalized spacial score (nSPS) is 12.4. The largest absolute Gasteiger partial charge is 0.455 e. The van der Waals surface area contributed by atoms with Crippen molar-refractivity contribution in [1.29, 1.82) is 10.5 Å². The Labute approximate surface area is 281 Å². The highest BCUT2D eigenvalue weighted by atomic mass is 16.3. The van der Waals surface area contributed by atoms with Gasteiger partial charge in [-0.2, -0.15) is 10.5 Å². The van der Waals surface area contributed by atoms with E-state index in [-0.39, 0.29) is 0 Å². The first kappa shape index (κ1) is 27.1. The Balaban J connectivity index is 1.30. The molecule has 0 amide bonds. The smallest absolute Gasteiger partial charge is 0.145 e. The van der Waals surface area contributed by atoms with Gasteiger partial charge in [-0.1, -0.05) is 60.7 Å². The molecule has 0 saturated heterocycles. The van der Waals surface area contributed by atoms with Crippen LogP contribution in [0.25, 0.3) is 83.2 Å². The van der Waals surface area contributed by atoms with Gasteiger partial charge in [0, 0.05) is 49.6 Å². The highest BCUT2D eigenvalue weighted by Crippen LogP contribution is 2.42. The minimum atomic E-state index is 0.573. The molecule has 0 spiro atoms. The lowest BCUT2D eigenvalue weighted by molar-refractivity contribution is 0.673. The van der Waals surface area contributed by atoms with Crippen molar-refractivity contribution in [2.75, 3.05) is 0 Å². The summed E-state index contributed by atoms with van der Waals surface area (Å²) in [4.78, 5) is 0. The SMILES string of the molecule is N#Cc1ccc(-c2c#cc3c(c2)c2c4oc5ccccc5c4ccc2n3-c2ccccc2)c(-n2c3c(c4cc(C#N)ccc42)C=CCC3)c1. The van der Waals surface area contributed by atoms with E-state index >= 15 is 0 Å². The molecule has 9 aromatic rings. The molecule has 1 aliphatic rings. The van der Waals surface area contributed by atoms with E-state index in [1.165, 1.54) is 5.69 Å². The predicted molar refractivity (Wildman–Crippen MR) is 195 cm³/mol. The van der Waals surface area contributed by atoms with E-state index in [9.17, 15) is 10.5 Å². The quantitative estimate of drug-likeness (QED) is 0.196. The molecule has 10 rings (SSSR count). The lowest BCUT2D eigenvalue weighted by Gasteiger charge is -2.17. The van der Waals surface area contributed by atoms with Gasteiger partial charge in [0.15, 0.2) is 0 Å². The Morgan fingerprint density at radius 3 is 2.35 bits per heavy atom. The number of hydrogen-bond acceptors (Lipinski definition) is 3. The van der Waals surface area contributed by atoms with Crippen molar-refractivity contribution in [2.45, 2.75) is 12.8 Å². The Morgan fingerprint density at radius 1 is 0.673 bits per heavy atom. The number of furan rings is 1. The van der Waals surface area contributed by atoms with Gasteiger partial charge < -0.3 is 13.6 Å². The molecule has 0 radical (unpaired) electrons. The van der Waals surface area contributed by atoms with Crippen LogP contribution in [0.5, 0.6) is 0 Å². The number of hydrogen-bond donors (Lipinski definition) is 0. The van der Waals surface area contributed by atoms with Gasteiger partial charge in [-0.3, -0.25) is 0 Å². The third kappa shape index (κ3) is 3.87. The van der Waals surface area contributed by atoms with Crippen LogP contribution in [-0.2, 0) is 6.42 Å². The van der Waals surface area contributed by atoms with E-state index in [1.807, 2.05) is 72.8 Å². The van der Waals surface area contributed by atoms with Crippen molar-refractivity contribution in [2.24, 2.45) is 0 Å². The molecule has 0 N–H and O–H groups in total. The second-order valence-corrected chi connectivity index (χ2v) is 12.5. The molecule has 49 heavy (non-hydrogen) atoms. The highest BCUT2D eigenvalue weighted by molar-refractivity contribution is 6.24. The number of allylic oxidation sites excluding steroid dienone is 1. The summed E-state index contributed by atoms with van der Waals surface area (Å²) >= 11 is 0. The van der Waals surface area contributed by atoms with Gasteiger partial charge >= 0.3 is 0 Å². The van der Waals surface area contributed by atoms with Crippen LogP contribution in [0.2, 0.25) is 0 Å². The lowest BCUT2D eigenvalue weighted by Crippen LogP contribution is -2.05. The van der Waals surface area contributed by atoms with E-state index in [4.69, 9.17) is 4.42 Å². The maximum atomic E-state index is 10.0. The summed E-state index contributed by atoms with van der Waals surface area (Å²) in [6.45, 7) is 0. The first-order valence-electron chi connectivity index (χ1n) is 16.3. The summed E-state index contributed by atoms with van der Waals surface area (Å²) < 4.78 is 11.1. The maximum absolute atomic E-state index is 10.0. The number of fused-ring (bicyclic) bond motifs is 10. The first-order valence-corrected chi connectivity index (χ1v) is 16.3. The fourth-order valence-corrected chi connectivity index (χ4v) is 7.73. The van der Waals surface area contributed by atoms with Crippen LogP contribution in [0.1, 0.15) is 28.8 Å². The Morgan fingerprint density at radius 2 is 1.47 bits per heavy atom. The molecule has 5 heteroatoms. The second kappa shape index (κ2) is 10.2. The second-order valence-electron chi connectivity index (χ2n) is 12.5. The van der Waals surface area contributed by atoms with Gasteiger partial charge in [0.05, 0.1) is 45.4 Å². The molecule has 0 saturated carbocycles. The monoisotopic (exact) mass is 624 g/mol. The van der Waals surface area contributed by atoms with Crippen LogP contribution in [0.4, 0.5) is 0 Å². The number of nitriles is 2. The van der Waals surface area contributed by atoms with Crippen molar-refractivity contribution < 1.29 is 4.42 Å². The molecule has 0 atom stereocenters. The summed E-state index contributed by atoms with van der Waals surface area (Å²) in [6, 6.07) is 48.5. The molecule has 226 valence electrons. The molecule has 0 unspecified atom stereocenters. The Kier molecular flexibility index (Phi) is 5.68. The van der Waals surface area contributed by atoms with Gasteiger partial charge in [0.25, 0.3) is 0 Å². The third-order valence-corrected chi connectivity index (χ3v) is 9.86. The molecular weight excluding hydrogens is 601 g/mol. The first-order chi connectivity index (χ1) is 24.2. The van der Waals surface area contributed by atoms with Gasteiger partial charge in [-0.15, -0.1) is 0 Å². The van der Waals surface area contributed by atoms with Gasteiger partial charge in [0.2, 0.25) is 0 Å². The van der Waals surface area contributed by atoms with Crippen molar-refractivity contribution in [3.63, 3.8) is 0 Å². The van der Waals surface area contributed by atoms with E-state index in [1.54, 1.807) is 0 Å². The number of para-hydroxylation sites is 2. The zero-order valence-electron chi connectivity index (χ0n) is 26.2. The van der Waals surface area contributed by atoms with E-state index in [0.717, 1.165) is 95.6 Å². The van der Waals surface area contributed by atoms with Crippen molar-refractivity contribution >= 4 is 60.7 Å². The van der Waals surface area contributed by atoms with Crippen LogP contribution < -0.4 is 0 Å². The number of nitrogens with zero attached hydrogens (tertiary/aromatic N) is 4. The fourth-order valence-electron chi connectivity index (χ4n) is 7.73. The van der Waals surface area contributed by atoms with Gasteiger partial charge in [-0.25, -0.2) is 0 Å². The van der Waals surface area contributed by atoms with Crippen molar-refractivity contribution in [3.05, 3.63) is 150 Å². The van der Waals surface area contributed by atoms with Crippen LogP contribution in [0.15, 0.2) is 120 Å². The summed E-state index contributed by atoms with van der Waals surface area (Å²) in [5, 5.41) is 25.0. The molecule has 3 heterocycles. The highest BCUT2D eigenvalue weighted by Gasteiger charge is 2.23. The zero-order chi connectivity index (χ0) is 32.6. The van der Waals surface area contributed by atoms with E-state index in [2.05, 4.69) is 82.0 Å². The summed E-state index contributed by atoms with van der Waals surface area (Å²) in [5.74, 6) is 0. The molecule has 1 aliphatic carbocycles. The summed E-state index contributed by atoms with van der Waals surface area (Å²) in [5.41, 5.74) is 11.8. The Hall–Kier alpha value is -7.00. The van der Waals surface area contributed by atoms with Crippen LogP contribution in [0.3, 0.4) is 0 Å². The Bertz CT molecular complexity index is 2960. The average molecular weight is 625 g/mol. The molecular formula is C44H24N4O. The minimum absolute atomic E-state index is 0.573. The van der Waals surface area contributed by atoms with E-state index < -0.39 is 0 Å². The zero-order valence-corrected chi connectivity index (χ0v) is 26.2. The third-order valence-electron chi connectivity index (χ3n) is 9.86. The lowest BCUT2D eigenvalue weighted by atomic mass is 9.99. The van der Waals surface area contributed by atoms with Crippen molar-refractivity contribution in [1.82, 2.24) is 9.13 Å². The van der Waals surface area contributed by atoms with Gasteiger partial charge in [-0.05, 0) is 85.6 Å². The number of benzene rings is 5. The summed E-state index contributed by atoms with van der Waals surface area (Å²) in [7, 11) is 0. The maximum Gasteiger partial charge on any atom is 0.145 e. The molecule has 6 aromatic carbocycles. The van der Waals surface area contributed by atoms with Crippen LogP contribution >= 0.6 is 0 Å². The fraction of sp³-hybridized carbons (Fsp3) is 0.0455. The van der Waals surface area contributed by atoms with Crippen molar-refractivity contribution in [3.8, 4) is 34.6 Å². The molecule has 0 bridgehead atoms. The van der Waals surface area contributed by atoms with Crippen LogP contribution in [0, 0.1) is 34.8 Å². The molecule has 5 nitrogen and oxygen atoms in total. The van der Waals surface area contributed by atoms with E-state index in [0.29, 0.717) is 11.1 Å². The summed E-state index contributed by atoms with van der Waals surface area (Å²) in [6.07, 6.45) is 6.12. The molecule has 3 aromatic heterocycles. The van der Waals surface area contributed by atoms with Crippen LogP contribution in [-0.4, -0.2) is 9.13 Å². The predicted octanol–water partition coefficient (Wildman–Crippen LogP) is 10.6. The van der Waals surface area contributed by atoms with Gasteiger partial charge in [0.1, 0.15) is 16.7 Å². The number of aromatic nitrogens is 2. The molecule has 0 fully saturated rings.